The molecule has 0 bridgehead atoms. The number of hydrogen-bond donors (Lipinski definition) is 1. The van der Waals surface area contributed by atoms with Crippen LogP contribution in [-0.2, 0) is 11.3 Å². The molecule has 2 heterocycles. The van der Waals surface area contributed by atoms with Crippen molar-refractivity contribution in [3.05, 3.63) is 76.8 Å². The minimum Gasteiger partial charge on any atom is -0.346 e. The topological polar surface area (TPSA) is 70.7 Å². The Hall–Kier alpha value is -3.69. The molecule has 6 heteroatoms. The van der Waals surface area contributed by atoms with Crippen LogP contribution < -0.4 is 5.32 Å². The molecule has 5 nitrogen and oxygen atoms in total. The fourth-order valence-corrected chi connectivity index (χ4v) is 3.96. The molecule has 0 fully saturated rings. The van der Waals surface area contributed by atoms with Crippen LogP contribution in [0.15, 0.2) is 66.2 Å². The van der Waals surface area contributed by atoms with Gasteiger partial charge in [-0.05, 0) is 31.2 Å². The minimum atomic E-state index is -0.193. The standard InChI is InChI=1S/C24H20N4OS/c1-17-26-22(16-30-17)18-7-10-20(11-8-18)27-24(29)12-9-19-15-28(14-4-13-25)23-6-3-2-5-21(19)23/h2-3,5-12,15-16H,4,14H2,1H3,(H,27,29)/b12-9+. The normalized spacial score (nSPS) is 11.1. The lowest BCUT2D eigenvalue weighted by atomic mass is 10.1. The highest BCUT2D eigenvalue weighted by Crippen LogP contribution is 2.24. The first-order valence-corrected chi connectivity index (χ1v) is 10.5. The molecule has 1 N–H and O–H groups in total. The lowest BCUT2D eigenvalue weighted by Gasteiger charge is -2.03. The number of carbonyl (C=O) groups excluding carboxylic acids is 1. The van der Waals surface area contributed by atoms with Gasteiger partial charge in [0.15, 0.2) is 0 Å². The van der Waals surface area contributed by atoms with Gasteiger partial charge < -0.3 is 9.88 Å². The molecular formula is C24H20N4OS. The Bertz CT molecular complexity index is 1260. The number of benzene rings is 2. The van der Waals surface area contributed by atoms with E-state index in [4.69, 9.17) is 5.26 Å². The number of amides is 1. The lowest BCUT2D eigenvalue weighted by Crippen LogP contribution is -2.07. The molecule has 30 heavy (non-hydrogen) atoms. The first kappa shape index (κ1) is 19.6. The second kappa shape index (κ2) is 8.76. The summed E-state index contributed by atoms with van der Waals surface area (Å²) >= 11 is 1.62. The van der Waals surface area contributed by atoms with Crippen LogP contribution in [0, 0.1) is 18.3 Å². The summed E-state index contributed by atoms with van der Waals surface area (Å²) in [5.41, 5.74) is 4.71. The maximum atomic E-state index is 12.4. The van der Waals surface area contributed by atoms with Crippen molar-refractivity contribution in [2.75, 3.05) is 5.32 Å². The molecule has 4 rings (SSSR count). The minimum absolute atomic E-state index is 0.193. The summed E-state index contributed by atoms with van der Waals surface area (Å²) in [4.78, 5) is 16.9. The van der Waals surface area contributed by atoms with Gasteiger partial charge in [-0.3, -0.25) is 4.79 Å². The van der Waals surface area contributed by atoms with Crippen molar-refractivity contribution in [2.45, 2.75) is 19.9 Å². The van der Waals surface area contributed by atoms with Gasteiger partial charge in [-0.2, -0.15) is 5.26 Å². The quantitative estimate of drug-likeness (QED) is 0.417. The van der Waals surface area contributed by atoms with Crippen LogP contribution in [0.2, 0.25) is 0 Å². The van der Waals surface area contributed by atoms with Crippen LogP contribution in [0.1, 0.15) is 17.0 Å². The first-order chi connectivity index (χ1) is 14.6. The van der Waals surface area contributed by atoms with Crippen molar-refractivity contribution in [2.24, 2.45) is 0 Å². The first-order valence-electron chi connectivity index (χ1n) is 9.60. The number of thiazole rings is 1. The molecule has 0 unspecified atom stereocenters. The number of para-hydroxylation sites is 1. The SMILES string of the molecule is Cc1nc(-c2ccc(NC(=O)/C=C/c3cn(CCC#N)c4ccccc34)cc2)cs1. The Morgan fingerprint density at radius 2 is 2.03 bits per heavy atom. The third-order valence-corrected chi connectivity index (χ3v) is 5.54. The predicted octanol–water partition coefficient (Wildman–Crippen LogP) is 5.64. The molecule has 0 aliphatic rings. The van der Waals surface area contributed by atoms with E-state index in [-0.39, 0.29) is 5.91 Å². The Labute approximate surface area is 178 Å². The lowest BCUT2D eigenvalue weighted by molar-refractivity contribution is -0.111. The Balaban J connectivity index is 1.47. The van der Waals surface area contributed by atoms with Gasteiger partial charge in [-0.25, -0.2) is 4.98 Å². The van der Waals surface area contributed by atoms with E-state index in [1.165, 1.54) is 6.08 Å². The number of hydrogen-bond acceptors (Lipinski definition) is 4. The molecule has 0 spiro atoms. The van der Waals surface area contributed by atoms with Crippen LogP contribution in [0.3, 0.4) is 0 Å². The van der Waals surface area contributed by atoms with Crippen LogP contribution >= 0.6 is 11.3 Å². The fraction of sp³-hybridized carbons (Fsp3) is 0.125. The van der Waals surface area contributed by atoms with Crippen LogP contribution in [0.5, 0.6) is 0 Å². The van der Waals surface area contributed by atoms with Gasteiger partial charge in [0.05, 0.1) is 23.2 Å². The predicted molar refractivity (Wildman–Crippen MR) is 122 cm³/mol. The fourth-order valence-electron chi connectivity index (χ4n) is 3.33. The van der Waals surface area contributed by atoms with E-state index < -0.39 is 0 Å². The van der Waals surface area contributed by atoms with Gasteiger partial charge in [-0.15, -0.1) is 11.3 Å². The largest absolute Gasteiger partial charge is 0.346 e. The average Bonchev–Trinajstić information content (AvgIpc) is 3.35. The molecule has 0 saturated heterocycles. The molecule has 0 aliphatic carbocycles. The van der Waals surface area contributed by atoms with Crippen LogP contribution in [0.25, 0.3) is 28.2 Å². The maximum Gasteiger partial charge on any atom is 0.248 e. The second-order valence-electron chi connectivity index (χ2n) is 6.85. The molecular weight excluding hydrogens is 392 g/mol. The number of rotatable bonds is 6. The van der Waals surface area contributed by atoms with Crippen LogP contribution in [0.4, 0.5) is 5.69 Å². The summed E-state index contributed by atoms with van der Waals surface area (Å²) in [7, 11) is 0. The summed E-state index contributed by atoms with van der Waals surface area (Å²) < 4.78 is 2.05. The van der Waals surface area contributed by atoms with Crippen molar-refractivity contribution >= 4 is 39.9 Å². The van der Waals surface area contributed by atoms with Gasteiger partial charge in [0, 0.05) is 51.9 Å². The van der Waals surface area contributed by atoms with Crippen LogP contribution in [-0.4, -0.2) is 15.5 Å². The summed E-state index contributed by atoms with van der Waals surface area (Å²) in [6.45, 7) is 2.61. The molecule has 2 aromatic heterocycles. The molecule has 0 aliphatic heterocycles. The van der Waals surface area contributed by atoms with Gasteiger partial charge in [0.2, 0.25) is 5.91 Å². The van der Waals surface area contributed by atoms with Crippen molar-refractivity contribution < 1.29 is 4.79 Å². The maximum absolute atomic E-state index is 12.4. The highest BCUT2D eigenvalue weighted by Gasteiger charge is 2.07. The number of aromatic nitrogens is 2. The smallest absolute Gasteiger partial charge is 0.248 e. The zero-order valence-electron chi connectivity index (χ0n) is 16.5. The van der Waals surface area contributed by atoms with Gasteiger partial charge in [0.25, 0.3) is 0 Å². The number of nitriles is 1. The van der Waals surface area contributed by atoms with Gasteiger partial charge >= 0.3 is 0 Å². The molecule has 0 saturated carbocycles. The monoisotopic (exact) mass is 412 g/mol. The Morgan fingerprint density at radius 3 is 2.77 bits per heavy atom. The molecule has 148 valence electrons. The van der Waals surface area contributed by atoms with E-state index >= 15 is 0 Å². The number of nitrogens with one attached hydrogen (secondary N) is 1. The molecule has 0 radical (unpaired) electrons. The summed E-state index contributed by atoms with van der Waals surface area (Å²) in [5.74, 6) is -0.193. The molecule has 2 aromatic carbocycles. The van der Waals surface area contributed by atoms with E-state index in [2.05, 4.69) is 20.9 Å². The van der Waals surface area contributed by atoms with Crippen molar-refractivity contribution in [1.29, 1.82) is 5.26 Å². The van der Waals surface area contributed by atoms with E-state index in [0.29, 0.717) is 13.0 Å². The van der Waals surface area contributed by atoms with E-state index in [0.717, 1.165) is 38.4 Å². The summed E-state index contributed by atoms with van der Waals surface area (Å²) in [6, 6.07) is 17.8. The van der Waals surface area contributed by atoms with Gasteiger partial charge in [-0.1, -0.05) is 30.3 Å². The number of nitrogens with zero attached hydrogens (tertiary/aromatic N) is 3. The van der Waals surface area contributed by atoms with E-state index in [1.807, 2.05) is 73.1 Å². The Kier molecular flexibility index (Phi) is 5.73. The van der Waals surface area contributed by atoms with Crippen molar-refractivity contribution in [3.8, 4) is 17.3 Å². The number of fused-ring (bicyclic) bond motifs is 1. The summed E-state index contributed by atoms with van der Waals surface area (Å²) in [6.07, 6.45) is 5.77. The zero-order valence-corrected chi connectivity index (χ0v) is 17.3. The van der Waals surface area contributed by atoms with E-state index in [1.54, 1.807) is 11.3 Å². The summed E-state index contributed by atoms with van der Waals surface area (Å²) in [5, 5.41) is 15.9. The third kappa shape index (κ3) is 4.32. The third-order valence-electron chi connectivity index (χ3n) is 4.77. The van der Waals surface area contributed by atoms with Crippen molar-refractivity contribution in [3.63, 3.8) is 0 Å². The zero-order chi connectivity index (χ0) is 20.9. The van der Waals surface area contributed by atoms with E-state index in [9.17, 15) is 4.79 Å². The highest BCUT2D eigenvalue weighted by molar-refractivity contribution is 7.09. The highest BCUT2D eigenvalue weighted by atomic mass is 32.1. The van der Waals surface area contributed by atoms with Crippen molar-refractivity contribution in [1.82, 2.24) is 9.55 Å². The Morgan fingerprint density at radius 1 is 1.23 bits per heavy atom. The number of anilines is 1. The number of carbonyl (C=O) groups is 1. The molecule has 0 atom stereocenters. The average molecular weight is 413 g/mol. The van der Waals surface area contributed by atoms with Gasteiger partial charge in [0.1, 0.15) is 0 Å². The second-order valence-corrected chi connectivity index (χ2v) is 7.92. The molecule has 4 aromatic rings. The number of aryl methyl sites for hydroxylation is 2. The molecule has 1 amide bonds.